The second-order valence-corrected chi connectivity index (χ2v) is 5.11. The summed E-state index contributed by atoms with van der Waals surface area (Å²) in [5.74, 6) is 1.57. The van der Waals surface area contributed by atoms with Crippen LogP contribution in [0.5, 0.6) is 0 Å². The van der Waals surface area contributed by atoms with Crippen LogP contribution in [0.25, 0.3) is 0 Å². The summed E-state index contributed by atoms with van der Waals surface area (Å²) >= 11 is 0. The molecule has 16 heavy (non-hydrogen) atoms. The zero-order valence-electron chi connectivity index (χ0n) is 11.8. The summed E-state index contributed by atoms with van der Waals surface area (Å²) < 4.78 is 0. The zero-order valence-corrected chi connectivity index (χ0v) is 11.8. The molecule has 0 radical (unpaired) electrons. The normalized spacial score (nSPS) is 15.5. The van der Waals surface area contributed by atoms with Crippen LogP contribution >= 0.6 is 0 Å². The Balaban J connectivity index is 3.47. The van der Waals surface area contributed by atoms with Gasteiger partial charge in [-0.1, -0.05) is 66.2 Å². The van der Waals surface area contributed by atoms with Crippen LogP contribution in [-0.4, -0.2) is 12.8 Å². The smallest absolute Gasteiger partial charge is 0.0413 e. The van der Waals surface area contributed by atoms with E-state index in [1.807, 2.05) is 6.21 Å². The summed E-state index contributed by atoms with van der Waals surface area (Å²) in [5, 5.41) is 0. The van der Waals surface area contributed by atoms with Crippen molar-refractivity contribution >= 4 is 6.21 Å². The predicted octanol–water partition coefficient (Wildman–Crippen LogP) is 5.10. The maximum absolute atomic E-state index is 4.44. The van der Waals surface area contributed by atoms with Crippen molar-refractivity contribution < 1.29 is 0 Å². The van der Waals surface area contributed by atoms with Crippen molar-refractivity contribution in [2.24, 2.45) is 16.8 Å². The van der Waals surface area contributed by atoms with Crippen LogP contribution in [0, 0.1) is 11.8 Å². The van der Waals surface area contributed by atoms with Crippen molar-refractivity contribution in [3.8, 4) is 0 Å². The number of nitrogens with zero attached hydrogens (tertiary/aromatic N) is 1. The molecule has 0 aromatic rings. The zero-order chi connectivity index (χ0) is 12.2. The van der Waals surface area contributed by atoms with Gasteiger partial charge in [-0.2, -0.15) is 0 Å². The minimum atomic E-state index is 0.744. The van der Waals surface area contributed by atoms with Crippen LogP contribution in [0.2, 0.25) is 0 Å². The molecular weight excluding hydrogens is 194 g/mol. The van der Waals surface area contributed by atoms with Gasteiger partial charge in [-0.05, 0) is 24.5 Å². The molecule has 0 aliphatic carbocycles. The van der Waals surface area contributed by atoms with Gasteiger partial charge in [0.2, 0.25) is 0 Å². The van der Waals surface area contributed by atoms with Gasteiger partial charge in [0.15, 0.2) is 0 Å². The maximum atomic E-state index is 4.44. The van der Waals surface area contributed by atoms with E-state index in [4.69, 9.17) is 0 Å². The third kappa shape index (κ3) is 8.94. The van der Waals surface area contributed by atoms with Crippen molar-refractivity contribution in [2.45, 2.75) is 72.6 Å². The van der Waals surface area contributed by atoms with Crippen LogP contribution in [0.4, 0.5) is 0 Å². The number of unbranched alkanes of at least 4 members (excludes halogenated alkanes) is 4. The molecule has 1 heteroatoms. The fraction of sp³-hybridized carbons (Fsp3) is 0.933. The van der Waals surface area contributed by atoms with E-state index in [1.54, 1.807) is 0 Å². The first kappa shape index (κ1) is 15.7. The monoisotopic (exact) mass is 225 g/mol. The maximum Gasteiger partial charge on any atom is 0.0413 e. The molecule has 96 valence electrons. The minimum absolute atomic E-state index is 0.744. The highest BCUT2D eigenvalue weighted by Gasteiger charge is 2.10. The van der Waals surface area contributed by atoms with Gasteiger partial charge in [0, 0.05) is 6.54 Å². The molecule has 0 spiro atoms. The second-order valence-electron chi connectivity index (χ2n) is 5.11. The lowest BCUT2D eigenvalue weighted by Gasteiger charge is -2.17. The summed E-state index contributed by atoms with van der Waals surface area (Å²) in [6, 6.07) is 0. The molecule has 0 fully saturated rings. The van der Waals surface area contributed by atoms with Crippen molar-refractivity contribution in [3.63, 3.8) is 0 Å². The number of hydrogen-bond donors (Lipinski definition) is 0. The minimum Gasteiger partial charge on any atom is -0.297 e. The van der Waals surface area contributed by atoms with Crippen molar-refractivity contribution in [1.29, 1.82) is 0 Å². The van der Waals surface area contributed by atoms with Gasteiger partial charge in [0.25, 0.3) is 0 Å². The molecule has 2 unspecified atom stereocenters. The van der Waals surface area contributed by atoms with Crippen LogP contribution in [0.15, 0.2) is 4.99 Å². The van der Waals surface area contributed by atoms with Crippen molar-refractivity contribution in [2.75, 3.05) is 6.54 Å². The quantitative estimate of drug-likeness (QED) is 0.362. The molecule has 0 heterocycles. The van der Waals surface area contributed by atoms with Gasteiger partial charge < -0.3 is 0 Å². The van der Waals surface area contributed by atoms with Crippen LogP contribution in [0.1, 0.15) is 72.6 Å². The van der Waals surface area contributed by atoms with Crippen LogP contribution in [0.3, 0.4) is 0 Å². The fourth-order valence-corrected chi connectivity index (χ4v) is 1.90. The highest BCUT2D eigenvalue weighted by molar-refractivity contribution is 5.56. The number of aliphatic imine (C=N–C) groups is 1. The topological polar surface area (TPSA) is 12.4 Å². The Hall–Kier alpha value is -0.330. The Bertz CT molecular complexity index is 163. The van der Waals surface area contributed by atoms with Gasteiger partial charge in [-0.15, -0.1) is 0 Å². The standard InChI is InChI=1S/C15H31N/c1-5-7-8-9-10-11-14(3)15(4)13-16-12-6-2/h12,14-15H,5-11,13H2,1-4H3. The number of rotatable bonds is 10. The van der Waals surface area contributed by atoms with E-state index in [9.17, 15) is 0 Å². The van der Waals surface area contributed by atoms with Crippen LogP contribution in [-0.2, 0) is 0 Å². The molecule has 0 N–H and O–H groups in total. The average molecular weight is 225 g/mol. The second kappa shape index (κ2) is 11.2. The first-order valence-electron chi connectivity index (χ1n) is 7.20. The van der Waals surface area contributed by atoms with E-state index in [2.05, 4.69) is 32.7 Å². The molecule has 0 rings (SSSR count). The molecule has 0 aliphatic heterocycles. The average Bonchev–Trinajstić information content (AvgIpc) is 2.28. The first-order chi connectivity index (χ1) is 7.72. The summed E-state index contributed by atoms with van der Waals surface area (Å²) in [7, 11) is 0. The summed E-state index contributed by atoms with van der Waals surface area (Å²) in [5.41, 5.74) is 0. The van der Waals surface area contributed by atoms with Crippen molar-refractivity contribution in [3.05, 3.63) is 0 Å². The molecule has 0 aromatic heterocycles. The van der Waals surface area contributed by atoms with E-state index >= 15 is 0 Å². The van der Waals surface area contributed by atoms with Gasteiger partial charge in [0.1, 0.15) is 0 Å². The van der Waals surface area contributed by atoms with Gasteiger partial charge in [-0.25, -0.2) is 0 Å². The Morgan fingerprint density at radius 2 is 1.62 bits per heavy atom. The Kier molecular flexibility index (Phi) is 10.9. The SMILES string of the molecule is CCC=NCC(C)C(C)CCCCCCC. The third-order valence-corrected chi connectivity index (χ3v) is 3.44. The van der Waals surface area contributed by atoms with E-state index in [-0.39, 0.29) is 0 Å². The summed E-state index contributed by atoms with van der Waals surface area (Å²) in [6.45, 7) is 10.2. The molecular formula is C15H31N. The molecule has 0 saturated carbocycles. The molecule has 0 amide bonds. The summed E-state index contributed by atoms with van der Waals surface area (Å²) in [4.78, 5) is 4.44. The van der Waals surface area contributed by atoms with E-state index in [0.29, 0.717) is 0 Å². The van der Waals surface area contributed by atoms with Crippen LogP contribution < -0.4 is 0 Å². The number of hydrogen-bond acceptors (Lipinski definition) is 1. The molecule has 0 bridgehead atoms. The lowest BCUT2D eigenvalue weighted by atomic mass is 9.90. The Labute approximate surface area is 103 Å². The highest BCUT2D eigenvalue weighted by Crippen LogP contribution is 2.19. The van der Waals surface area contributed by atoms with E-state index in [1.165, 1.54) is 38.5 Å². The third-order valence-electron chi connectivity index (χ3n) is 3.44. The Morgan fingerprint density at radius 1 is 0.938 bits per heavy atom. The Morgan fingerprint density at radius 3 is 2.25 bits per heavy atom. The summed E-state index contributed by atoms with van der Waals surface area (Å²) in [6.07, 6.45) is 11.5. The predicted molar refractivity (Wildman–Crippen MR) is 75.4 cm³/mol. The molecule has 1 nitrogen and oxygen atoms in total. The lowest BCUT2D eigenvalue weighted by molar-refractivity contribution is 0.358. The molecule has 0 aromatic carbocycles. The highest BCUT2D eigenvalue weighted by atomic mass is 14.7. The van der Waals surface area contributed by atoms with E-state index in [0.717, 1.165) is 24.8 Å². The van der Waals surface area contributed by atoms with Crippen molar-refractivity contribution in [1.82, 2.24) is 0 Å². The molecule has 0 saturated heterocycles. The largest absolute Gasteiger partial charge is 0.297 e. The fourth-order valence-electron chi connectivity index (χ4n) is 1.90. The van der Waals surface area contributed by atoms with Gasteiger partial charge in [0.05, 0.1) is 0 Å². The molecule has 0 aliphatic rings. The van der Waals surface area contributed by atoms with Gasteiger partial charge in [-0.3, -0.25) is 4.99 Å². The lowest BCUT2D eigenvalue weighted by Crippen LogP contribution is -2.11. The molecule has 2 atom stereocenters. The van der Waals surface area contributed by atoms with E-state index < -0.39 is 0 Å². The van der Waals surface area contributed by atoms with Gasteiger partial charge >= 0.3 is 0 Å². The first-order valence-corrected chi connectivity index (χ1v) is 7.20.